The van der Waals surface area contributed by atoms with Crippen LogP contribution >= 0.6 is 24.2 Å². The van der Waals surface area contributed by atoms with Gasteiger partial charge in [-0.15, -0.1) is 12.4 Å². The average molecular weight is 350 g/mol. The number of nitrogens with zero attached hydrogens (tertiary/aromatic N) is 2. The normalized spacial score (nSPS) is 21.8. The van der Waals surface area contributed by atoms with Gasteiger partial charge in [0.25, 0.3) is 0 Å². The van der Waals surface area contributed by atoms with Crippen molar-refractivity contribution in [2.75, 3.05) is 38.2 Å². The topological polar surface area (TPSA) is 49.6 Å². The maximum absolute atomic E-state index is 12.4. The molecule has 1 aliphatic rings. The zero-order chi connectivity index (χ0) is 15.3. The van der Waals surface area contributed by atoms with Crippen molar-refractivity contribution in [2.24, 2.45) is 5.73 Å². The first kappa shape index (κ1) is 20.8. The van der Waals surface area contributed by atoms with Crippen LogP contribution in [0.2, 0.25) is 0 Å². The molecule has 1 saturated heterocycles. The third kappa shape index (κ3) is 7.08. The molecular weight excluding hydrogens is 327 g/mol. The van der Waals surface area contributed by atoms with Gasteiger partial charge in [-0.3, -0.25) is 9.69 Å². The molecule has 1 fully saturated rings. The third-order valence-electron chi connectivity index (χ3n) is 3.41. The predicted molar refractivity (Wildman–Crippen MR) is 81.9 cm³/mol. The SMILES string of the molecule is CSCC[C@H](N)C(=O)N1CCN(CC(F)(F)F)C(C)C1.Cl. The third-order valence-corrected chi connectivity index (χ3v) is 4.05. The minimum absolute atomic E-state index is 0. The molecule has 0 aliphatic carbocycles. The van der Waals surface area contributed by atoms with E-state index in [9.17, 15) is 18.0 Å². The molecule has 0 saturated carbocycles. The minimum Gasteiger partial charge on any atom is -0.339 e. The number of thioether (sulfide) groups is 1. The number of alkyl halides is 3. The maximum atomic E-state index is 12.4. The monoisotopic (exact) mass is 349 g/mol. The number of hydrogen-bond acceptors (Lipinski definition) is 4. The Kier molecular flexibility index (Phi) is 8.99. The second-order valence-corrected chi connectivity index (χ2v) is 6.09. The standard InChI is InChI=1S/C12H22F3N3OS.ClH/c1-9-7-17(11(19)10(16)3-6-20-2)4-5-18(9)8-12(13,14)15;/h9-10H,3-8,16H2,1-2H3;1H/t9?,10-;/m0./s1. The highest BCUT2D eigenvalue weighted by molar-refractivity contribution is 7.98. The van der Waals surface area contributed by atoms with Gasteiger partial charge in [0.05, 0.1) is 12.6 Å². The summed E-state index contributed by atoms with van der Waals surface area (Å²) in [6, 6.07) is -0.856. The lowest BCUT2D eigenvalue weighted by Crippen LogP contribution is -2.58. The van der Waals surface area contributed by atoms with E-state index in [0.717, 1.165) is 5.75 Å². The average Bonchev–Trinajstić information content (AvgIpc) is 2.36. The second kappa shape index (κ2) is 9.07. The number of halogens is 4. The van der Waals surface area contributed by atoms with E-state index in [4.69, 9.17) is 5.73 Å². The Bertz CT molecular complexity index is 333. The zero-order valence-electron chi connectivity index (χ0n) is 12.2. The van der Waals surface area contributed by atoms with Crippen LogP contribution in [0.5, 0.6) is 0 Å². The van der Waals surface area contributed by atoms with Crippen molar-refractivity contribution in [3.63, 3.8) is 0 Å². The summed E-state index contributed by atoms with van der Waals surface area (Å²) < 4.78 is 37.2. The maximum Gasteiger partial charge on any atom is 0.401 e. The Balaban J connectivity index is 0.00000400. The molecule has 1 amide bonds. The lowest BCUT2D eigenvalue weighted by Gasteiger charge is -2.40. The van der Waals surface area contributed by atoms with E-state index in [1.54, 1.807) is 23.6 Å². The van der Waals surface area contributed by atoms with Gasteiger partial charge in [0.15, 0.2) is 0 Å². The van der Waals surface area contributed by atoms with Gasteiger partial charge in [-0.1, -0.05) is 0 Å². The van der Waals surface area contributed by atoms with Crippen molar-refractivity contribution >= 4 is 30.1 Å². The van der Waals surface area contributed by atoms with E-state index in [1.807, 2.05) is 6.26 Å². The Morgan fingerprint density at radius 2 is 2.05 bits per heavy atom. The van der Waals surface area contributed by atoms with Crippen molar-refractivity contribution in [1.29, 1.82) is 0 Å². The van der Waals surface area contributed by atoms with Crippen molar-refractivity contribution in [1.82, 2.24) is 9.80 Å². The molecule has 21 heavy (non-hydrogen) atoms. The van der Waals surface area contributed by atoms with Gasteiger partial charge in [0.1, 0.15) is 0 Å². The largest absolute Gasteiger partial charge is 0.401 e. The Labute approximate surface area is 134 Å². The van der Waals surface area contributed by atoms with E-state index in [0.29, 0.717) is 19.5 Å². The molecule has 2 atom stereocenters. The van der Waals surface area contributed by atoms with Gasteiger partial charge in [-0.25, -0.2) is 0 Å². The van der Waals surface area contributed by atoms with Gasteiger partial charge in [0, 0.05) is 25.7 Å². The van der Waals surface area contributed by atoms with Crippen LogP contribution in [-0.2, 0) is 4.79 Å². The molecule has 1 heterocycles. The second-order valence-electron chi connectivity index (χ2n) is 5.11. The number of hydrogen-bond donors (Lipinski definition) is 1. The molecule has 0 spiro atoms. The van der Waals surface area contributed by atoms with E-state index >= 15 is 0 Å². The van der Waals surface area contributed by atoms with Gasteiger partial charge >= 0.3 is 6.18 Å². The predicted octanol–water partition coefficient (Wildman–Crippen LogP) is 1.58. The molecule has 9 heteroatoms. The number of carbonyl (C=O) groups excluding carboxylic acids is 1. The zero-order valence-corrected chi connectivity index (χ0v) is 13.9. The summed E-state index contributed by atoms with van der Waals surface area (Å²) in [6.07, 6.45) is -1.67. The fraction of sp³-hybridized carbons (Fsp3) is 0.917. The van der Waals surface area contributed by atoms with E-state index in [-0.39, 0.29) is 30.9 Å². The number of piperazine rings is 1. The van der Waals surface area contributed by atoms with E-state index < -0.39 is 18.8 Å². The van der Waals surface area contributed by atoms with E-state index in [2.05, 4.69) is 0 Å². The summed E-state index contributed by atoms with van der Waals surface area (Å²) >= 11 is 1.62. The van der Waals surface area contributed by atoms with Crippen molar-refractivity contribution in [3.05, 3.63) is 0 Å². The smallest absolute Gasteiger partial charge is 0.339 e. The molecule has 1 aliphatic heterocycles. The van der Waals surface area contributed by atoms with Crippen molar-refractivity contribution in [3.8, 4) is 0 Å². The Hall–Kier alpha value is -0.180. The van der Waals surface area contributed by atoms with E-state index in [1.165, 1.54) is 4.90 Å². The fourth-order valence-corrected chi connectivity index (χ4v) is 2.75. The van der Waals surface area contributed by atoms with Crippen LogP contribution in [0.25, 0.3) is 0 Å². The number of rotatable bonds is 5. The summed E-state index contributed by atoms with van der Waals surface area (Å²) in [5.74, 6) is 0.647. The highest BCUT2D eigenvalue weighted by Gasteiger charge is 2.36. The first-order chi connectivity index (χ1) is 9.24. The Morgan fingerprint density at radius 3 is 2.52 bits per heavy atom. The summed E-state index contributed by atoms with van der Waals surface area (Å²) in [5.41, 5.74) is 5.82. The summed E-state index contributed by atoms with van der Waals surface area (Å²) in [6.45, 7) is 1.64. The molecule has 2 N–H and O–H groups in total. The van der Waals surface area contributed by atoms with Crippen LogP contribution in [0, 0.1) is 0 Å². The first-order valence-electron chi connectivity index (χ1n) is 6.58. The van der Waals surface area contributed by atoms with Gasteiger partial charge < -0.3 is 10.6 Å². The number of nitrogens with two attached hydrogens (primary N) is 1. The van der Waals surface area contributed by atoms with Gasteiger partial charge in [-0.2, -0.15) is 24.9 Å². The lowest BCUT2D eigenvalue weighted by molar-refractivity contribution is -0.157. The Morgan fingerprint density at radius 1 is 1.43 bits per heavy atom. The molecular formula is C12H23ClF3N3OS. The van der Waals surface area contributed by atoms with Crippen LogP contribution in [0.4, 0.5) is 13.2 Å². The van der Waals surface area contributed by atoms with Crippen LogP contribution in [0.3, 0.4) is 0 Å². The highest BCUT2D eigenvalue weighted by Crippen LogP contribution is 2.20. The quantitative estimate of drug-likeness (QED) is 0.819. The van der Waals surface area contributed by atoms with Gasteiger partial charge in [-0.05, 0) is 25.4 Å². The number of amides is 1. The molecule has 0 aromatic carbocycles. The molecule has 0 aromatic heterocycles. The lowest BCUT2D eigenvalue weighted by atomic mass is 10.1. The molecule has 0 aromatic rings. The van der Waals surface area contributed by atoms with Crippen LogP contribution < -0.4 is 5.73 Å². The van der Waals surface area contributed by atoms with Crippen LogP contribution in [-0.4, -0.2) is 72.2 Å². The summed E-state index contributed by atoms with van der Waals surface area (Å²) in [7, 11) is 0. The summed E-state index contributed by atoms with van der Waals surface area (Å²) in [5, 5.41) is 0. The molecule has 1 unspecified atom stereocenters. The van der Waals surface area contributed by atoms with Crippen LogP contribution in [0.1, 0.15) is 13.3 Å². The highest BCUT2D eigenvalue weighted by atomic mass is 35.5. The van der Waals surface area contributed by atoms with Crippen LogP contribution in [0.15, 0.2) is 0 Å². The molecule has 1 rings (SSSR count). The summed E-state index contributed by atoms with van der Waals surface area (Å²) in [4.78, 5) is 15.0. The minimum atomic E-state index is -4.20. The van der Waals surface area contributed by atoms with Gasteiger partial charge in [0.2, 0.25) is 5.91 Å². The molecule has 0 bridgehead atoms. The van der Waals surface area contributed by atoms with Crippen molar-refractivity contribution in [2.45, 2.75) is 31.6 Å². The molecule has 126 valence electrons. The molecule has 4 nitrogen and oxygen atoms in total. The molecule has 0 radical (unpaired) electrons. The number of carbonyl (C=O) groups is 1. The van der Waals surface area contributed by atoms with Crippen molar-refractivity contribution < 1.29 is 18.0 Å². The first-order valence-corrected chi connectivity index (χ1v) is 7.98. The fourth-order valence-electron chi connectivity index (χ4n) is 2.26.